The van der Waals surface area contributed by atoms with Crippen molar-refractivity contribution in [1.29, 1.82) is 0 Å². The first kappa shape index (κ1) is 21.1. The molecule has 0 atom stereocenters. The summed E-state index contributed by atoms with van der Waals surface area (Å²) in [7, 11) is 0. The van der Waals surface area contributed by atoms with Crippen LogP contribution >= 0.6 is 12.2 Å². The predicted molar refractivity (Wildman–Crippen MR) is 122 cm³/mol. The Morgan fingerprint density at radius 2 is 1.90 bits per heavy atom. The normalized spacial score (nSPS) is 11.5. The Labute approximate surface area is 180 Å². The molecule has 0 amide bonds. The number of nitrogens with one attached hydrogen (secondary N) is 1. The molecule has 30 heavy (non-hydrogen) atoms. The molecular formula is C23H22N3O3S+. The van der Waals surface area contributed by atoms with Crippen LogP contribution in [0.25, 0.3) is 11.5 Å². The Hall–Kier alpha value is -3.58. The van der Waals surface area contributed by atoms with Crippen LogP contribution in [0.2, 0.25) is 0 Å². The van der Waals surface area contributed by atoms with Gasteiger partial charge in [-0.1, -0.05) is 43.4 Å². The van der Waals surface area contributed by atoms with Gasteiger partial charge in [0.1, 0.15) is 0 Å². The van der Waals surface area contributed by atoms with Gasteiger partial charge in [-0.05, 0) is 37.1 Å². The van der Waals surface area contributed by atoms with Gasteiger partial charge in [0.2, 0.25) is 0 Å². The molecule has 3 rings (SSSR count). The first-order valence-electron chi connectivity index (χ1n) is 9.45. The fraction of sp³-hybridized carbons (Fsp3) is 0.130. The van der Waals surface area contributed by atoms with E-state index in [-0.39, 0.29) is 11.4 Å². The number of benzene rings is 2. The number of anilines is 1. The second-order valence-corrected chi connectivity index (χ2v) is 7.21. The van der Waals surface area contributed by atoms with Gasteiger partial charge in [-0.3, -0.25) is 10.1 Å². The third kappa shape index (κ3) is 4.87. The monoisotopic (exact) mass is 420 g/mol. The number of aliphatic hydroxyl groups excluding tert-OH is 1. The van der Waals surface area contributed by atoms with E-state index in [0.29, 0.717) is 16.2 Å². The quantitative estimate of drug-likeness (QED) is 0.145. The Bertz CT molecular complexity index is 1120. The Balaban J connectivity index is 2.07. The molecule has 152 valence electrons. The Morgan fingerprint density at radius 1 is 1.17 bits per heavy atom. The number of nitro groups is 1. The molecule has 0 aliphatic heterocycles. The highest BCUT2D eigenvalue weighted by atomic mass is 32.1. The number of aliphatic hydroxyl groups is 1. The minimum Gasteiger partial charge on any atom is -0.502 e. The van der Waals surface area contributed by atoms with Crippen LogP contribution in [0.15, 0.2) is 73.1 Å². The minimum absolute atomic E-state index is 0.110. The van der Waals surface area contributed by atoms with Crippen molar-refractivity contribution in [3.63, 3.8) is 0 Å². The number of aryl methyl sites for hydroxylation is 2. The number of rotatable bonds is 6. The molecule has 0 bridgehead atoms. The van der Waals surface area contributed by atoms with Crippen LogP contribution in [-0.2, 0) is 6.42 Å². The fourth-order valence-electron chi connectivity index (χ4n) is 3.00. The fourth-order valence-corrected chi connectivity index (χ4v) is 3.32. The van der Waals surface area contributed by atoms with Gasteiger partial charge in [-0.15, -0.1) is 0 Å². The van der Waals surface area contributed by atoms with Gasteiger partial charge < -0.3 is 10.4 Å². The van der Waals surface area contributed by atoms with E-state index in [1.165, 1.54) is 23.8 Å². The van der Waals surface area contributed by atoms with Gasteiger partial charge in [0.05, 0.1) is 4.92 Å². The molecule has 0 aliphatic rings. The molecule has 6 nitrogen and oxygen atoms in total. The van der Waals surface area contributed by atoms with E-state index in [0.717, 1.165) is 17.7 Å². The van der Waals surface area contributed by atoms with E-state index < -0.39 is 4.92 Å². The van der Waals surface area contributed by atoms with E-state index in [4.69, 9.17) is 12.2 Å². The van der Waals surface area contributed by atoms with E-state index in [9.17, 15) is 15.2 Å². The van der Waals surface area contributed by atoms with Crippen molar-refractivity contribution < 1.29 is 14.6 Å². The van der Waals surface area contributed by atoms with Crippen molar-refractivity contribution >= 4 is 40.0 Å². The highest BCUT2D eigenvalue weighted by molar-refractivity contribution is 7.81. The van der Waals surface area contributed by atoms with E-state index >= 15 is 0 Å². The number of hydrogen-bond acceptors (Lipinski definition) is 4. The molecule has 0 unspecified atom stereocenters. The summed E-state index contributed by atoms with van der Waals surface area (Å²) in [6.07, 6.45) is 4.53. The second kappa shape index (κ2) is 9.28. The lowest BCUT2D eigenvalue weighted by atomic mass is 10.1. The maximum atomic E-state index is 11.2. The number of thiocarbonyl (C=S) groups is 1. The molecule has 3 aromatic rings. The van der Waals surface area contributed by atoms with Gasteiger partial charge in [0, 0.05) is 35.0 Å². The third-order valence-electron chi connectivity index (χ3n) is 4.60. The third-order valence-corrected chi connectivity index (χ3v) is 4.89. The minimum atomic E-state index is -0.498. The summed E-state index contributed by atoms with van der Waals surface area (Å²) in [4.78, 5) is 10.9. The molecule has 0 aliphatic carbocycles. The Kier molecular flexibility index (Phi) is 6.54. The zero-order valence-electron chi connectivity index (χ0n) is 16.7. The van der Waals surface area contributed by atoms with Crippen LogP contribution < -0.4 is 9.88 Å². The van der Waals surface area contributed by atoms with Gasteiger partial charge in [-0.2, -0.15) is 4.57 Å². The van der Waals surface area contributed by atoms with Crippen LogP contribution in [0.1, 0.15) is 23.6 Å². The average Bonchev–Trinajstić information content (AvgIpc) is 2.74. The molecule has 0 saturated heterocycles. The molecule has 0 fully saturated rings. The summed E-state index contributed by atoms with van der Waals surface area (Å²) in [5.41, 5.74) is 3.48. The molecular weight excluding hydrogens is 398 g/mol. The van der Waals surface area contributed by atoms with Crippen LogP contribution in [0, 0.1) is 17.0 Å². The number of pyridine rings is 1. The van der Waals surface area contributed by atoms with Crippen molar-refractivity contribution in [3.05, 3.63) is 99.9 Å². The second-order valence-electron chi connectivity index (χ2n) is 6.80. The summed E-state index contributed by atoms with van der Waals surface area (Å²) < 4.78 is 1.71. The number of aromatic nitrogens is 1. The van der Waals surface area contributed by atoms with Gasteiger partial charge in [0.25, 0.3) is 11.4 Å². The van der Waals surface area contributed by atoms with Crippen LogP contribution in [0.3, 0.4) is 0 Å². The SMILES string of the molecule is CCc1ccc(NC(=S)/C(=C(/O)c2cccc([N+](=O)[O-])c2)[n+]2cccc(C)c2)cc1. The molecule has 7 heteroatoms. The number of nitrogens with zero attached hydrogens (tertiary/aromatic N) is 2. The molecule has 0 spiro atoms. The van der Waals surface area contributed by atoms with Crippen LogP contribution in [0.4, 0.5) is 11.4 Å². The molecule has 1 aromatic heterocycles. The lowest BCUT2D eigenvalue weighted by Crippen LogP contribution is -2.38. The molecule has 0 radical (unpaired) electrons. The Morgan fingerprint density at radius 3 is 2.53 bits per heavy atom. The average molecular weight is 421 g/mol. The highest BCUT2D eigenvalue weighted by Crippen LogP contribution is 2.23. The largest absolute Gasteiger partial charge is 0.502 e. The van der Waals surface area contributed by atoms with Crippen LogP contribution in [0.5, 0.6) is 0 Å². The lowest BCUT2D eigenvalue weighted by molar-refractivity contribution is -0.576. The molecule has 2 N–H and O–H groups in total. The number of hydrogen-bond donors (Lipinski definition) is 2. The number of non-ortho nitro benzene ring substituents is 1. The summed E-state index contributed by atoms with van der Waals surface area (Å²) in [5.74, 6) is -0.156. The summed E-state index contributed by atoms with van der Waals surface area (Å²) in [6, 6.07) is 17.5. The zero-order chi connectivity index (χ0) is 21.7. The van der Waals surface area contributed by atoms with Crippen molar-refractivity contribution in [1.82, 2.24) is 0 Å². The van der Waals surface area contributed by atoms with Gasteiger partial charge >= 0.3 is 0 Å². The standard InChI is InChI=1S/C23H21N3O3S/c1-3-17-9-11-19(12-10-17)24-23(30)21(25-13-5-6-16(2)15-25)22(27)18-7-4-8-20(14-18)26(28)29/h4-15H,3H2,1-2H3,(H-,24,27,30)/p+1. The van der Waals surface area contributed by atoms with Gasteiger partial charge in [0.15, 0.2) is 23.1 Å². The predicted octanol–water partition coefficient (Wildman–Crippen LogP) is 5.08. The summed E-state index contributed by atoms with van der Waals surface area (Å²) >= 11 is 5.62. The van der Waals surface area contributed by atoms with Crippen molar-refractivity contribution in [2.75, 3.05) is 5.32 Å². The van der Waals surface area contributed by atoms with Crippen molar-refractivity contribution in [3.8, 4) is 0 Å². The molecule has 2 aromatic carbocycles. The summed E-state index contributed by atoms with van der Waals surface area (Å²) in [6.45, 7) is 4.01. The zero-order valence-corrected chi connectivity index (χ0v) is 17.5. The van der Waals surface area contributed by atoms with E-state index in [1.807, 2.05) is 49.5 Å². The van der Waals surface area contributed by atoms with Crippen molar-refractivity contribution in [2.45, 2.75) is 20.3 Å². The first-order chi connectivity index (χ1) is 14.4. The van der Waals surface area contributed by atoms with Gasteiger partial charge in [-0.25, -0.2) is 0 Å². The maximum absolute atomic E-state index is 11.2. The highest BCUT2D eigenvalue weighted by Gasteiger charge is 2.25. The van der Waals surface area contributed by atoms with Crippen molar-refractivity contribution in [2.24, 2.45) is 0 Å². The topological polar surface area (TPSA) is 79.3 Å². The maximum Gasteiger partial charge on any atom is 0.288 e. The van der Waals surface area contributed by atoms with Crippen LogP contribution in [-0.4, -0.2) is 15.0 Å². The smallest absolute Gasteiger partial charge is 0.288 e. The molecule has 0 saturated carbocycles. The number of nitro benzene ring substituents is 1. The lowest BCUT2D eigenvalue weighted by Gasteiger charge is -2.11. The van der Waals surface area contributed by atoms with E-state index in [2.05, 4.69) is 12.2 Å². The first-order valence-corrected chi connectivity index (χ1v) is 9.86. The molecule has 1 heterocycles. The van der Waals surface area contributed by atoms with E-state index in [1.54, 1.807) is 16.8 Å². The summed E-state index contributed by atoms with van der Waals surface area (Å²) in [5, 5.41) is 25.4.